The maximum atomic E-state index is 5.70. The number of ether oxygens (including phenoxy) is 1. The quantitative estimate of drug-likeness (QED) is 0.676. The van der Waals surface area contributed by atoms with Gasteiger partial charge in [-0.15, -0.1) is 0 Å². The molecular weight excluding hydrogens is 224 g/mol. The van der Waals surface area contributed by atoms with Crippen molar-refractivity contribution in [2.75, 3.05) is 32.8 Å². The van der Waals surface area contributed by atoms with Crippen LogP contribution in [-0.2, 0) is 4.74 Å². The van der Waals surface area contributed by atoms with Crippen molar-refractivity contribution < 1.29 is 4.74 Å². The lowest BCUT2D eigenvalue weighted by Crippen LogP contribution is -2.37. The van der Waals surface area contributed by atoms with E-state index in [4.69, 9.17) is 4.74 Å². The molecule has 0 aromatic rings. The van der Waals surface area contributed by atoms with Gasteiger partial charge < -0.3 is 15.0 Å². The van der Waals surface area contributed by atoms with Crippen LogP contribution in [0, 0.1) is 0 Å². The van der Waals surface area contributed by atoms with Crippen LogP contribution in [-0.4, -0.2) is 49.3 Å². The van der Waals surface area contributed by atoms with Crippen LogP contribution in [0.4, 0.5) is 0 Å². The minimum Gasteiger partial charge on any atom is -0.377 e. The third-order valence-corrected chi connectivity index (χ3v) is 3.49. The van der Waals surface area contributed by atoms with Crippen molar-refractivity contribution in [3.63, 3.8) is 0 Å². The Kier molecular flexibility index (Phi) is 7.20. The largest absolute Gasteiger partial charge is 0.377 e. The molecule has 1 N–H and O–H groups in total. The number of hydrogen-bond acceptors (Lipinski definition) is 3. The molecule has 0 aromatic carbocycles. The normalized spacial score (nSPS) is 20.8. The van der Waals surface area contributed by atoms with Crippen molar-refractivity contribution in [1.82, 2.24) is 10.2 Å². The third-order valence-electron chi connectivity index (χ3n) is 3.49. The molecule has 1 atom stereocenters. The highest BCUT2D eigenvalue weighted by Crippen LogP contribution is 2.13. The molecule has 108 valence electrons. The van der Waals surface area contributed by atoms with Crippen molar-refractivity contribution >= 4 is 0 Å². The van der Waals surface area contributed by atoms with E-state index in [1.165, 1.54) is 32.2 Å². The van der Waals surface area contributed by atoms with E-state index in [9.17, 15) is 0 Å². The molecule has 18 heavy (non-hydrogen) atoms. The number of hydrogen-bond donors (Lipinski definition) is 1. The van der Waals surface area contributed by atoms with Gasteiger partial charge in [-0.2, -0.15) is 0 Å². The molecule has 0 aliphatic carbocycles. The molecule has 0 saturated carbocycles. The summed E-state index contributed by atoms with van der Waals surface area (Å²) in [4.78, 5) is 2.53. The zero-order valence-electron chi connectivity index (χ0n) is 12.8. The average Bonchev–Trinajstić information content (AvgIpc) is 2.78. The first kappa shape index (κ1) is 15.9. The SMILES string of the molecule is CCN(CCCCNC(C)(C)C)CC1CCCO1. The van der Waals surface area contributed by atoms with Crippen LogP contribution in [0.2, 0.25) is 0 Å². The summed E-state index contributed by atoms with van der Waals surface area (Å²) < 4.78 is 5.70. The van der Waals surface area contributed by atoms with Crippen LogP contribution in [0.25, 0.3) is 0 Å². The lowest BCUT2D eigenvalue weighted by molar-refractivity contribution is 0.0743. The minimum atomic E-state index is 0.252. The minimum absolute atomic E-state index is 0.252. The van der Waals surface area contributed by atoms with E-state index in [2.05, 4.69) is 37.9 Å². The molecule has 1 aliphatic rings. The molecule has 0 radical (unpaired) electrons. The van der Waals surface area contributed by atoms with Crippen LogP contribution >= 0.6 is 0 Å². The van der Waals surface area contributed by atoms with Gasteiger partial charge in [0.05, 0.1) is 6.10 Å². The van der Waals surface area contributed by atoms with Crippen molar-refractivity contribution in [3.05, 3.63) is 0 Å². The zero-order chi connectivity index (χ0) is 13.4. The molecule has 1 rings (SSSR count). The Morgan fingerprint density at radius 3 is 2.61 bits per heavy atom. The summed E-state index contributed by atoms with van der Waals surface area (Å²) in [5.74, 6) is 0. The van der Waals surface area contributed by atoms with E-state index in [1.807, 2.05) is 0 Å². The summed E-state index contributed by atoms with van der Waals surface area (Å²) in [7, 11) is 0. The van der Waals surface area contributed by atoms with E-state index in [1.54, 1.807) is 0 Å². The van der Waals surface area contributed by atoms with Gasteiger partial charge in [-0.25, -0.2) is 0 Å². The Bertz CT molecular complexity index is 207. The molecule has 1 aliphatic heterocycles. The molecule has 0 aromatic heterocycles. The summed E-state index contributed by atoms with van der Waals surface area (Å²) in [6.07, 6.45) is 5.54. The number of unbranched alkanes of at least 4 members (excludes halogenated alkanes) is 1. The van der Waals surface area contributed by atoms with Gasteiger partial charge in [0.25, 0.3) is 0 Å². The summed E-state index contributed by atoms with van der Waals surface area (Å²) in [5, 5.41) is 3.54. The second-order valence-corrected chi connectivity index (χ2v) is 6.41. The fourth-order valence-corrected chi connectivity index (χ4v) is 2.38. The standard InChI is InChI=1S/C15H32N2O/c1-5-17(13-14-9-8-12-18-14)11-7-6-10-16-15(2,3)4/h14,16H,5-13H2,1-4H3. The van der Waals surface area contributed by atoms with Gasteiger partial charge in [-0.05, 0) is 66.1 Å². The van der Waals surface area contributed by atoms with Crippen LogP contribution < -0.4 is 5.32 Å². The Hall–Kier alpha value is -0.120. The molecule has 0 amide bonds. The van der Waals surface area contributed by atoms with Gasteiger partial charge in [-0.1, -0.05) is 6.92 Å². The molecule has 1 heterocycles. The van der Waals surface area contributed by atoms with Crippen molar-refractivity contribution in [3.8, 4) is 0 Å². The Labute approximate surface area is 113 Å². The van der Waals surface area contributed by atoms with Crippen molar-refractivity contribution in [1.29, 1.82) is 0 Å². The smallest absolute Gasteiger partial charge is 0.0702 e. The van der Waals surface area contributed by atoms with E-state index in [0.717, 1.165) is 26.2 Å². The summed E-state index contributed by atoms with van der Waals surface area (Å²) in [6, 6.07) is 0. The number of nitrogens with zero attached hydrogens (tertiary/aromatic N) is 1. The highest BCUT2D eigenvalue weighted by Gasteiger charge is 2.18. The maximum absolute atomic E-state index is 5.70. The fraction of sp³-hybridized carbons (Fsp3) is 1.00. The molecule has 0 spiro atoms. The monoisotopic (exact) mass is 256 g/mol. The number of rotatable bonds is 8. The van der Waals surface area contributed by atoms with Gasteiger partial charge >= 0.3 is 0 Å². The van der Waals surface area contributed by atoms with Crippen LogP contribution in [0.5, 0.6) is 0 Å². The molecule has 1 unspecified atom stereocenters. The highest BCUT2D eigenvalue weighted by atomic mass is 16.5. The predicted molar refractivity (Wildman–Crippen MR) is 78.1 cm³/mol. The molecule has 0 bridgehead atoms. The van der Waals surface area contributed by atoms with Gasteiger partial charge in [-0.3, -0.25) is 0 Å². The summed E-state index contributed by atoms with van der Waals surface area (Å²) in [5.41, 5.74) is 0.252. The van der Waals surface area contributed by atoms with Crippen LogP contribution in [0.3, 0.4) is 0 Å². The first-order valence-corrected chi connectivity index (χ1v) is 7.60. The van der Waals surface area contributed by atoms with Crippen molar-refractivity contribution in [2.24, 2.45) is 0 Å². The van der Waals surface area contributed by atoms with E-state index >= 15 is 0 Å². The fourth-order valence-electron chi connectivity index (χ4n) is 2.38. The molecule has 3 nitrogen and oxygen atoms in total. The van der Waals surface area contributed by atoms with Gasteiger partial charge in [0, 0.05) is 18.7 Å². The first-order chi connectivity index (χ1) is 8.51. The molecule has 3 heteroatoms. The van der Waals surface area contributed by atoms with E-state index in [-0.39, 0.29) is 5.54 Å². The van der Waals surface area contributed by atoms with E-state index < -0.39 is 0 Å². The Balaban J connectivity index is 2.04. The van der Waals surface area contributed by atoms with E-state index in [0.29, 0.717) is 6.10 Å². The summed E-state index contributed by atoms with van der Waals surface area (Å²) >= 11 is 0. The van der Waals surface area contributed by atoms with Crippen molar-refractivity contribution in [2.45, 2.75) is 65.0 Å². The molecule has 1 saturated heterocycles. The second-order valence-electron chi connectivity index (χ2n) is 6.41. The predicted octanol–water partition coefficient (Wildman–Crippen LogP) is 2.66. The highest BCUT2D eigenvalue weighted by molar-refractivity contribution is 4.71. The lowest BCUT2D eigenvalue weighted by Gasteiger charge is -2.24. The van der Waals surface area contributed by atoms with Crippen LogP contribution in [0.15, 0.2) is 0 Å². The summed E-state index contributed by atoms with van der Waals surface area (Å²) in [6.45, 7) is 14.5. The number of nitrogens with one attached hydrogen (secondary N) is 1. The van der Waals surface area contributed by atoms with Crippen LogP contribution in [0.1, 0.15) is 53.4 Å². The second kappa shape index (κ2) is 8.13. The molecule has 1 fully saturated rings. The Morgan fingerprint density at radius 1 is 1.28 bits per heavy atom. The van der Waals surface area contributed by atoms with Gasteiger partial charge in [0.2, 0.25) is 0 Å². The first-order valence-electron chi connectivity index (χ1n) is 7.60. The third kappa shape index (κ3) is 7.34. The molecular formula is C15H32N2O. The lowest BCUT2D eigenvalue weighted by atomic mass is 10.1. The average molecular weight is 256 g/mol. The topological polar surface area (TPSA) is 24.5 Å². The maximum Gasteiger partial charge on any atom is 0.0702 e. The number of likely N-dealkylation sites (N-methyl/N-ethyl adjacent to an activating group) is 1. The van der Waals surface area contributed by atoms with Gasteiger partial charge in [0.1, 0.15) is 0 Å². The van der Waals surface area contributed by atoms with Gasteiger partial charge in [0.15, 0.2) is 0 Å². The zero-order valence-corrected chi connectivity index (χ0v) is 12.8. The Morgan fingerprint density at radius 2 is 2.06 bits per heavy atom.